The predicted molar refractivity (Wildman–Crippen MR) is 38.8 cm³/mol. The predicted octanol–water partition coefficient (Wildman–Crippen LogP) is 2.14. The summed E-state index contributed by atoms with van der Waals surface area (Å²) >= 11 is 1.32. The Morgan fingerprint density at radius 2 is 1.91 bits per heavy atom. The average molecular weight is 176 g/mol. The molecule has 0 aliphatic carbocycles. The molecule has 0 saturated heterocycles. The fraction of sp³-hybridized carbons (Fsp3) is 0.333. The van der Waals surface area contributed by atoms with E-state index in [4.69, 9.17) is 0 Å². The van der Waals surface area contributed by atoms with Gasteiger partial charge < -0.3 is 0 Å². The molecule has 5 heteroatoms. The van der Waals surface area contributed by atoms with Crippen molar-refractivity contribution in [3.8, 4) is 0 Å². The Bertz CT molecular complexity index is 225. The van der Waals surface area contributed by atoms with Crippen LogP contribution in [0.25, 0.3) is 0 Å². The second kappa shape index (κ2) is 3.61. The standard InChI is InChI=1S/C6H6F2N2S/c1-11-6-9-2-4(3-10-6)5(7)8/h2-3,5H,1H3. The van der Waals surface area contributed by atoms with E-state index in [1.807, 2.05) is 0 Å². The highest BCUT2D eigenvalue weighted by atomic mass is 32.2. The molecular weight excluding hydrogens is 170 g/mol. The van der Waals surface area contributed by atoms with Crippen molar-refractivity contribution in [2.24, 2.45) is 0 Å². The van der Waals surface area contributed by atoms with Gasteiger partial charge in [0.2, 0.25) is 0 Å². The van der Waals surface area contributed by atoms with Crippen LogP contribution in [0.5, 0.6) is 0 Å². The lowest BCUT2D eigenvalue weighted by Crippen LogP contribution is -1.90. The molecule has 0 aliphatic heterocycles. The van der Waals surface area contributed by atoms with Crippen molar-refractivity contribution < 1.29 is 8.78 Å². The van der Waals surface area contributed by atoms with E-state index in [0.29, 0.717) is 5.16 Å². The van der Waals surface area contributed by atoms with Gasteiger partial charge in [-0.05, 0) is 6.26 Å². The summed E-state index contributed by atoms with van der Waals surface area (Å²) in [5.74, 6) is 0. The zero-order valence-corrected chi connectivity index (χ0v) is 6.61. The minimum Gasteiger partial charge on any atom is -0.231 e. The van der Waals surface area contributed by atoms with Crippen molar-refractivity contribution >= 4 is 11.8 Å². The van der Waals surface area contributed by atoms with E-state index in [2.05, 4.69) is 9.97 Å². The van der Waals surface area contributed by atoms with Gasteiger partial charge >= 0.3 is 0 Å². The topological polar surface area (TPSA) is 25.8 Å². The van der Waals surface area contributed by atoms with Gasteiger partial charge in [-0.1, -0.05) is 11.8 Å². The summed E-state index contributed by atoms with van der Waals surface area (Å²) in [4.78, 5) is 7.38. The van der Waals surface area contributed by atoms with Crippen LogP contribution in [0.2, 0.25) is 0 Å². The van der Waals surface area contributed by atoms with Gasteiger partial charge in [0.15, 0.2) is 5.16 Å². The second-order valence-electron chi connectivity index (χ2n) is 1.80. The summed E-state index contributed by atoms with van der Waals surface area (Å²) in [5.41, 5.74) is -0.136. The number of aromatic nitrogens is 2. The van der Waals surface area contributed by atoms with Crippen LogP contribution in [0.1, 0.15) is 12.0 Å². The van der Waals surface area contributed by atoms with Gasteiger partial charge in [-0.3, -0.25) is 0 Å². The Labute approximate surface area is 67.1 Å². The van der Waals surface area contributed by atoms with Crippen LogP contribution in [0.3, 0.4) is 0 Å². The third-order valence-corrected chi connectivity index (χ3v) is 1.66. The number of thioether (sulfide) groups is 1. The van der Waals surface area contributed by atoms with Gasteiger partial charge in [0.05, 0.1) is 5.56 Å². The molecule has 0 aromatic carbocycles. The first kappa shape index (κ1) is 8.39. The Hall–Kier alpha value is -0.710. The summed E-state index contributed by atoms with van der Waals surface area (Å²) in [7, 11) is 0. The first-order valence-electron chi connectivity index (χ1n) is 2.88. The van der Waals surface area contributed by atoms with E-state index in [9.17, 15) is 8.78 Å². The maximum atomic E-state index is 11.9. The Kier molecular flexibility index (Phi) is 2.76. The van der Waals surface area contributed by atoms with Crippen LogP contribution in [0.4, 0.5) is 8.78 Å². The van der Waals surface area contributed by atoms with E-state index in [-0.39, 0.29) is 5.56 Å². The van der Waals surface area contributed by atoms with Crippen molar-refractivity contribution in [1.82, 2.24) is 9.97 Å². The van der Waals surface area contributed by atoms with Gasteiger partial charge in [0, 0.05) is 12.4 Å². The van der Waals surface area contributed by atoms with Gasteiger partial charge in [-0.25, -0.2) is 18.7 Å². The number of hydrogen-bond acceptors (Lipinski definition) is 3. The highest BCUT2D eigenvalue weighted by molar-refractivity contribution is 7.98. The molecule has 0 bridgehead atoms. The second-order valence-corrected chi connectivity index (χ2v) is 2.58. The molecular formula is C6H6F2N2S. The molecule has 0 unspecified atom stereocenters. The molecule has 0 atom stereocenters. The number of rotatable bonds is 2. The molecule has 0 N–H and O–H groups in total. The molecule has 1 aromatic heterocycles. The van der Waals surface area contributed by atoms with Crippen molar-refractivity contribution in [2.75, 3.05) is 6.26 Å². The van der Waals surface area contributed by atoms with Gasteiger partial charge in [0.1, 0.15) is 0 Å². The minimum atomic E-state index is -2.48. The highest BCUT2D eigenvalue weighted by Crippen LogP contribution is 2.17. The third-order valence-electron chi connectivity index (χ3n) is 1.08. The van der Waals surface area contributed by atoms with E-state index in [1.165, 1.54) is 11.8 Å². The van der Waals surface area contributed by atoms with E-state index in [0.717, 1.165) is 12.4 Å². The Morgan fingerprint density at radius 3 is 2.27 bits per heavy atom. The SMILES string of the molecule is CSc1ncc(C(F)F)cn1. The number of hydrogen-bond donors (Lipinski definition) is 0. The lowest BCUT2D eigenvalue weighted by Gasteiger charge is -1.97. The van der Waals surface area contributed by atoms with Gasteiger partial charge in [0.25, 0.3) is 6.43 Å². The molecule has 60 valence electrons. The average Bonchev–Trinajstić information content (AvgIpc) is 2.05. The largest absolute Gasteiger partial charge is 0.266 e. The first-order chi connectivity index (χ1) is 5.24. The van der Waals surface area contributed by atoms with Crippen molar-refractivity contribution in [3.05, 3.63) is 18.0 Å². The molecule has 0 spiro atoms. The van der Waals surface area contributed by atoms with Crippen LogP contribution < -0.4 is 0 Å². The van der Waals surface area contributed by atoms with Crippen LogP contribution in [0, 0.1) is 0 Å². The molecule has 11 heavy (non-hydrogen) atoms. The van der Waals surface area contributed by atoms with Crippen LogP contribution in [-0.2, 0) is 0 Å². The smallest absolute Gasteiger partial charge is 0.231 e. The third kappa shape index (κ3) is 2.11. The molecule has 1 aromatic rings. The van der Waals surface area contributed by atoms with Crippen LogP contribution in [0.15, 0.2) is 17.6 Å². The molecule has 0 amide bonds. The highest BCUT2D eigenvalue weighted by Gasteiger charge is 2.06. The zero-order valence-electron chi connectivity index (χ0n) is 5.79. The van der Waals surface area contributed by atoms with Gasteiger partial charge in [-0.15, -0.1) is 0 Å². The zero-order chi connectivity index (χ0) is 8.27. The number of alkyl halides is 2. The molecule has 1 rings (SSSR count). The molecule has 0 aliphatic rings. The minimum absolute atomic E-state index is 0.136. The summed E-state index contributed by atoms with van der Waals surface area (Å²) in [6.45, 7) is 0. The van der Waals surface area contributed by atoms with E-state index < -0.39 is 6.43 Å². The molecule has 2 nitrogen and oxygen atoms in total. The number of halogens is 2. The Morgan fingerprint density at radius 1 is 1.36 bits per heavy atom. The van der Waals surface area contributed by atoms with Crippen LogP contribution >= 0.6 is 11.8 Å². The maximum absolute atomic E-state index is 11.9. The van der Waals surface area contributed by atoms with Crippen LogP contribution in [-0.4, -0.2) is 16.2 Å². The molecule has 1 heterocycles. The monoisotopic (exact) mass is 176 g/mol. The molecule has 0 saturated carbocycles. The van der Waals surface area contributed by atoms with Crippen molar-refractivity contribution in [3.63, 3.8) is 0 Å². The summed E-state index contributed by atoms with van der Waals surface area (Å²) in [6, 6.07) is 0. The first-order valence-corrected chi connectivity index (χ1v) is 4.10. The lowest BCUT2D eigenvalue weighted by atomic mass is 10.4. The Balaban J connectivity index is 2.83. The van der Waals surface area contributed by atoms with Crippen molar-refractivity contribution in [2.45, 2.75) is 11.6 Å². The quantitative estimate of drug-likeness (QED) is 0.510. The summed E-state index contributed by atoms with van der Waals surface area (Å²) < 4.78 is 23.8. The lowest BCUT2D eigenvalue weighted by molar-refractivity contribution is 0.150. The molecule has 0 fully saturated rings. The van der Waals surface area contributed by atoms with E-state index in [1.54, 1.807) is 6.26 Å². The van der Waals surface area contributed by atoms with E-state index >= 15 is 0 Å². The number of nitrogens with zero attached hydrogens (tertiary/aromatic N) is 2. The summed E-state index contributed by atoms with van der Waals surface area (Å²) in [6.07, 6.45) is 1.59. The maximum Gasteiger partial charge on any atom is 0.266 e. The van der Waals surface area contributed by atoms with Gasteiger partial charge in [-0.2, -0.15) is 0 Å². The fourth-order valence-corrected chi connectivity index (χ4v) is 0.861. The van der Waals surface area contributed by atoms with Crippen molar-refractivity contribution in [1.29, 1.82) is 0 Å². The normalized spacial score (nSPS) is 10.5. The summed E-state index contributed by atoms with van der Waals surface area (Å²) in [5, 5.41) is 0.509. The fourth-order valence-electron chi connectivity index (χ4n) is 0.544. The molecule has 0 radical (unpaired) electrons.